The van der Waals surface area contributed by atoms with Gasteiger partial charge in [-0.05, 0) is 73.0 Å². The first-order valence-electron chi connectivity index (χ1n) is 13.4. The number of carbonyl (C=O) groups is 1. The second-order valence-electron chi connectivity index (χ2n) is 11.0. The molecule has 1 heterocycles. The fourth-order valence-corrected chi connectivity index (χ4v) is 5.22. The molecule has 0 bridgehead atoms. The minimum Gasteiger partial charge on any atom is -0.449 e. The Morgan fingerprint density at radius 3 is 2.05 bits per heavy atom. The van der Waals surface area contributed by atoms with E-state index in [0.717, 1.165) is 17.5 Å². The Hall–Kier alpha value is -3.35. The maximum Gasteiger partial charge on any atom is 0.492 e. The molecule has 0 atom stereocenters. The highest BCUT2D eigenvalue weighted by Crippen LogP contribution is 2.44. The van der Waals surface area contributed by atoms with E-state index in [4.69, 9.17) is 14.0 Å². The first kappa shape index (κ1) is 26.3. The van der Waals surface area contributed by atoms with Crippen LogP contribution in [0.2, 0.25) is 0 Å². The fraction of sp³-hybridized carbons (Fsp3) is 0.344. The van der Waals surface area contributed by atoms with Crippen molar-refractivity contribution in [1.29, 1.82) is 0 Å². The number of carbonyl (C=O) groups excluding carboxylic acids is 1. The summed E-state index contributed by atoms with van der Waals surface area (Å²) in [6.45, 7) is 10.8. The molecule has 5 nitrogen and oxygen atoms in total. The summed E-state index contributed by atoms with van der Waals surface area (Å²) in [5.74, 6) is 0.0164. The third-order valence-corrected chi connectivity index (χ3v) is 8.11. The highest BCUT2D eigenvalue weighted by atomic mass is 16.7. The molecule has 0 aromatic heterocycles. The Bertz CT molecular complexity index is 1300. The van der Waals surface area contributed by atoms with Crippen LogP contribution in [0.1, 0.15) is 62.8 Å². The number of amides is 1. The quantitative estimate of drug-likeness (QED) is 0.356. The van der Waals surface area contributed by atoms with Crippen LogP contribution < -0.4 is 5.32 Å². The molecule has 1 aliphatic heterocycles. The molecule has 6 heteroatoms. The lowest BCUT2D eigenvalue weighted by molar-refractivity contribution is 0.00578. The van der Waals surface area contributed by atoms with E-state index in [2.05, 4.69) is 54.7 Å². The van der Waals surface area contributed by atoms with Crippen molar-refractivity contribution in [2.24, 2.45) is 0 Å². The predicted octanol–water partition coefficient (Wildman–Crippen LogP) is 6.80. The molecule has 38 heavy (non-hydrogen) atoms. The zero-order valence-corrected chi connectivity index (χ0v) is 22.9. The Labute approximate surface area is 226 Å². The number of nitrogens with one attached hydrogen (secondary N) is 1. The number of hydrogen-bond donors (Lipinski definition) is 1. The van der Waals surface area contributed by atoms with Gasteiger partial charge in [0.1, 0.15) is 6.61 Å². The third kappa shape index (κ3) is 5.03. The monoisotopic (exact) mass is 509 g/mol. The van der Waals surface area contributed by atoms with Crippen LogP contribution in [0, 0.1) is 0 Å². The Morgan fingerprint density at radius 1 is 0.895 bits per heavy atom. The molecule has 0 saturated carbocycles. The molecule has 1 amide bonds. The Balaban J connectivity index is 1.31. The van der Waals surface area contributed by atoms with Crippen LogP contribution in [0.15, 0.2) is 78.3 Å². The van der Waals surface area contributed by atoms with Crippen molar-refractivity contribution < 1.29 is 18.8 Å². The highest BCUT2D eigenvalue weighted by Gasteiger charge is 2.52. The molecule has 1 saturated heterocycles. The van der Waals surface area contributed by atoms with Gasteiger partial charge in [-0.15, -0.1) is 0 Å². The van der Waals surface area contributed by atoms with E-state index in [1.807, 2.05) is 64.1 Å². The van der Waals surface area contributed by atoms with Gasteiger partial charge < -0.3 is 19.4 Å². The summed E-state index contributed by atoms with van der Waals surface area (Å²) in [5.41, 5.74) is 6.99. The van der Waals surface area contributed by atoms with Crippen LogP contribution >= 0.6 is 0 Å². The van der Waals surface area contributed by atoms with E-state index in [9.17, 15) is 4.79 Å². The van der Waals surface area contributed by atoms with Crippen LogP contribution in [0.5, 0.6) is 0 Å². The van der Waals surface area contributed by atoms with Gasteiger partial charge in [-0.2, -0.15) is 0 Å². The second-order valence-corrected chi connectivity index (χ2v) is 11.0. The summed E-state index contributed by atoms with van der Waals surface area (Å²) < 4.78 is 18.5. The molecule has 196 valence electrons. The SMILES string of the molecule is CCc1ccccc1C=C(CNC(=O)OCC1c2ccccc2-c2ccccc21)B1OC(C)(C)C(C)(C)O1. The average Bonchev–Trinajstić information content (AvgIpc) is 3.34. The fourth-order valence-electron chi connectivity index (χ4n) is 5.22. The molecule has 2 aliphatic rings. The molecule has 1 fully saturated rings. The molecule has 1 aliphatic carbocycles. The average molecular weight is 509 g/mol. The summed E-state index contributed by atoms with van der Waals surface area (Å²) in [7, 11) is -0.571. The number of hydrogen-bond acceptors (Lipinski definition) is 4. The number of aryl methyl sites for hydroxylation is 1. The van der Waals surface area contributed by atoms with E-state index in [1.54, 1.807) is 0 Å². The zero-order chi connectivity index (χ0) is 26.9. The number of alkyl carbamates (subject to hydrolysis) is 1. The Morgan fingerprint density at radius 2 is 1.45 bits per heavy atom. The van der Waals surface area contributed by atoms with Gasteiger partial charge in [0, 0.05) is 12.5 Å². The lowest BCUT2D eigenvalue weighted by atomic mass is 9.76. The Kier molecular flexibility index (Phi) is 7.21. The van der Waals surface area contributed by atoms with Gasteiger partial charge in [0.25, 0.3) is 0 Å². The van der Waals surface area contributed by atoms with Crippen molar-refractivity contribution in [2.45, 2.75) is 58.2 Å². The van der Waals surface area contributed by atoms with E-state index in [-0.39, 0.29) is 19.1 Å². The standard InChI is InChI=1S/C32H36BNO4/c1-6-22-13-7-8-14-23(22)19-24(33-37-31(2,3)32(4,5)38-33)20-34-30(35)36-21-29-27-17-11-9-15-25(27)26-16-10-12-18-28(26)29/h7-19,29H,6,20-21H2,1-5H3,(H,34,35). The maximum atomic E-state index is 12.9. The van der Waals surface area contributed by atoms with Crippen LogP contribution in [-0.2, 0) is 20.5 Å². The highest BCUT2D eigenvalue weighted by molar-refractivity contribution is 6.56. The molecule has 3 aromatic rings. The number of fused-ring (bicyclic) bond motifs is 3. The van der Waals surface area contributed by atoms with Crippen LogP contribution in [-0.4, -0.2) is 37.6 Å². The van der Waals surface area contributed by atoms with Gasteiger partial charge in [-0.1, -0.05) is 85.8 Å². The van der Waals surface area contributed by atoms with Gasteiger partial charge in [0.15, 0.2) is 0 Å². The van der Waals surface area contributed by atoms with Crippen molar-refractivity contribution in [1.82, 2.24) is 5.32 Å². The largest absolute Gasteiger partial charge is 0.492 e. The second kappa shape index (κ2) is 10.4. The van der Waals surface area contributed by atoms with Crippen LogP contribution in [0.25, 0.3) is 17.2 Å². The van der Waals surface area contributed by atoms with Crippen LogP contribution in [0.4, 0.5) is 4.79 Å². The summed E-state index contributed by atoms with van der Waals surface area (Å²) in [5, 5.41) is 2.95. The lowest BCUT2D eigenvalue weighted by Crippen LogP contribution is -2.41. The molecule has 3 aromatic carbocycles. The molecule has 5 rings (SSSR count). The molecule has 0 unspecified atom stereocenters. The van der Waals surface area contributed by atoms with Gasteiger partial charge >= 0.3 is 13.2 Å². The van der Waals surface area contributed by atoms with E-state index in [0.29, 0.717) is 0 Å². The van der Waals surface area contributed by atoms with Crippen molar-refractivity contribution >= 4 is 19.3 Å². The maximum absolute atomic E-state index is 12.9. The van der Waals surface area contributed by atoms with Crippen molar-refractivity contribution in [3.8, 4) is 11.1 Å². The van der Waals surface area contributed by atoms with E-state index in [1.165, 1.54) is 27.8 Å². The van der Waals surface area contributed by atoms with Crippen molar-refractivity contribution in [3.63, 3.8) is 0 Å². The van der Waals surface area contributed by atoms with Gasteiger partial charge in [-0.25, -0.2) is 4.79 Å². The molecular weight excluding hydrogens is 473 g/mol. The molecule has 0 radical (unpaired) electrons. The first-order valence-corrected chi connectivity index (χ1v) is 13.4. The minimum atomic E-state index is -0.571. The first-order chi connectivity index (χ1) is 18.2. The summed E-state index contributed by atoms with van der Waals surface area (Å²) in [6, 6.07) is 24.9. The molecular formula is C32H36BNO4. The summed E-state index contributed by atoms with van der Waals surface area (Å²) >= 11 is 0. The normalized spacial score (nSPS) is 17.7. The van der Waals surface area contributed by atoms with E-state index >= 15 is 0 Å². The summed E-state index contributed by atoms with van der Waals surface area (Å²) in [6.07, 6.45) is 2.52. The van der Waals surface area contributed by atoms with Crippen molar-refractivity contribution in [3.05, 3.63) is 101 Å². The molecule has 0 spiro atoms. The van der Waals surface area contributed by atoms with Gasteiger partial charge in [-0.3, -0.25) is 0 Å². The topological polar surface area (TPSA) is 56.8 Å². The zero-order valence-electron chi connectivity index (χ0n) is 22.9. The van der Waals surface area contributed by atoms with Crippen molar-refractivity contribution in [2.75, 3.05) is 13.2 Å². The molecule has 1 N–H and O–H groups in total. The minimum absolute atomic E-state index is 0.0164. The third-order valence-electron chi connectivity index (χ3n) is 8.11. The van der Waals surface area contributed by atoms with E-state index < -0.39 is 24.4 Å². The lowest BCUT2D eigenvalue weighted by Gasteiger charge is -2.32. The van der Waals surface area contributed by atoms with Gasteiger partial charge in [0.2, 0.25) is 0 Å². The number of benzene rings is 3. The van der Waals surface area contributed by atoms with Gasteiger partial charge in [0.05, 0.1) is 11.2 Å². The van der Waals surface area contributed by atoms with Crippen LogP contribution in [0.3, 0.4) is 0 Å². The predicted molar refractivity (Wildman–Crippen MR) is 153 cm³/mol. The number of rotatable bonds is 7. The number of ether oxygens (including phenoxy) is 1. The summed E-state index contributed by atoms with van der Waals surface area (Å²) in [4.78, 5) is 12.9. The smallest absolute Gasteiger partial charge is 0.449 e.